The molecule has 0 aliphatic carbocycles. The highest BCUT2D eigenvalue weighted by Gasteiger charge is 2.00. The zero-order valence-corrected chi connectivity index (χ0v) is 11.0. The van der Waals surface area contributed by atoms with Crippen molar-refractivity contribution in [2.24, 2.45) is 0 Å². The summed E-state index contributed by atoms with van der Waals surface area (Å²) in [5.41, 5.74) is 2.46. The van der Waals surface area contributed by atoms with Gasteiger partial charge in [-0.1, -0.05) is 18.2 Å². The molecule has 0 fully saturated rings. The van der Waals surface area contributed by atoms with E-state index in [2.05, 4.69) is 49.1 Å². The lowest BCUT2D eigenvalue weighted by atomic mass is 10.1. The fourth-order valence-electron chi connectivity index (χ4n) is 1.95. The minimum Gasteiger partial charge on any atom is -0.465 e. The molecule has 0 aliphatic heterocycles. The highest BCUT2D eigenvalue weighted by Crippen LogP contribution is 2.16. The van der Waals surface area contributed by atoms with E-state index in [1.54, 1.807) is 6.26 Å². The Balaban J connectivity index is 2.08. The van der Waals surface area contributed by atoms with Gasteiger partial charge < -0.3 is 9.32 Å². The molecule has 94 valence electrons. The van der Waals surface area contributed by atoms with Crippen LogP contribution in [0.25, 0.3) is 12.2 Å². The fourth-order valence-corrected chi connectivity index (χ4v) is 1.95. The average Bonchev–Trinajstić information content (AvgIpc) is 2.92. The van der Waals surface area contributed by atoms with Gasteiger partial charge in [-0.3, -0.25) is 0 Å². The Morgan fingerprint density at radius 1 is 1.00 bits per heavy atom. The molecule has 1 aromatic heterocycles. The maximum atomic E-state index is 5.26. The van der Waals surface area contributed by atoms with E-state index in [9.17, 15) is 0 Å². The molecular weight excluding hydrogens is 222 g/mol. The van der Waals surface area contributed by atoms with Crippen LogP contribution in [0.2, 0.25) is 0 Å². The van der Waals surface area contributed by atoms with Crippen LogP contribution in [-0.4, -0.2) is 13.1 Å². The first-order valence-corrected chi connectivity index (χ1v) is 6.40. The highest BCUT2D eigenvalue weighted by molar-refractivity contribution is 5.68. The summed E-state index contributed by atoms with van der Waals surface area (Å²) < 4.78 is 5.26. The van der Waals surface area contributed by atoms with E-state index >= 15 is 0 Å². The molecule has 0 radical (unpaired) electrons. The Hall–Kier alpha value is -1.96. The SMILES string of the molecule is CCN(CC)c1ccc(/C=C/c2ccco2)cc1. The minimum absolute atomic E-state index is 0.878. The summed E-state index contributed by atoms with van der Waals surface area (Å²) in [6.07, 6.45) is 5.72. The van der Waals surface area contributed by atoms with Crippen LogP contribution >= 0.6 is 0 Å². The van der Waals surface area contributed by atoms with Gasteiger partial charge in [0.25, 0.3) is 0 Å². The van der Waals surface area contributed by atoms with Crippen molar-refractivity contribution in [3.05, 3.63) is 54.0 Å². The summed E-state index contributed by atoms with van der Waals surface area (Å²) in [6.45, 7) is 6.43. The van der Waals surface area contributed by atoms with Gasteiger partial charge in [0.15, 0.2) is 0 Å². The van der Waals surface area contributed by atoms with Crippen molar-refractivity contribution < 1.29 is 4.42 Å². The molecule has 0 bridgehead atoms. The number of hydrogen-bond acceptors (Lipinski definition) is 2. The van der Waals surface area contributed by atoms with Crippen molar-refractivity contribution in [3.8, 4) is 0 Å². The van der Waals surface area contributed by atoms with Gasteiger partial charge in [0.2, 0.25) is 0 Å². The van der Waals surface area contributed by atoms with Crippen LogP contribution in [0.1, 0.15) is 25.2 Å². The van der Waals surface area contributed by atoms with E-state index in [4.69, 9.17) is 4.42 Å². The molecule has 0 saturated carbocycles. The van der Waals surface area contributed by atoms with Gasteiger partial charge >= 0.3 is 0 Å². The molecule has 0 amide bonds. The fraction of sp³-hybridized carbons (Fsp3) is 0.250. The van der Waals surface area contributed by atoms with E-state index in [0.717, 1.165) is 18.8 Å². The van der Waals surface area contributed by atoms with Crippen molar-refractivity contribution >= 4 is 17.8 Å². The maximum absolute atomic E-state index is 5.26. The van der Waals surface area contributed by atoms with Crippen LogP contribution in [-0.2, 0) is 0 Å². The lowest BCUT2D eigenvalue weighted by Gasteiger charge is -2.20. The van der Waals surface area contributed by atoms with Crippen LogP contribution in [0.4, 0.5) is 5.69 Å². The Kier molecular flexibility index (Phi) is 4.24. The Bertz CT molecular complexity index is 478. The van der Waals surface area contributed by atoms with E-state index in [1.165, 1.54) is 11.3 Å². The molecule has 0 unspecified atom stereocenters. The van der Waals surface area contributed by atoms with E-state index in [1.807, 2.05) is 18.2 Å². The Labute approximate surface area is 109 Å². The molecule has 2 nitrogen and oxygen atoms in total. The van der Waals surface area contributed by atoms with Crippen LogP contribution in [0.15, 0.2) is 47.1 Å². The summed E-state index contributed by atoms with van der Waals surface area (Å²) in [4.78, 5) is 2.33. The molecule has 0 N–H and O–H groups in total. The number of benzene rings is 1. The molecule has 0 atom stereocenters. The molecule has 18 heavy (non-hydrogen) atoms. The van der Waals surface area contributed by atoms with Gasteiger partial charge in [-0.15, -0.1) is 0 Å². The summed E-state index contributed by atoms with van der Waals surface area (Å²) in [5.74, 6) is 0.878. The number of nitrogens with zero attached hydrogens (tertiary/aromatic N) is 1. The Morgan fingerprint density at radius 2 is 1.72 bits per heavy atom. The maximum Gasteiger partial charge on any atom is 0.126 e. The molecule has 2 heteroatoms. The third-order valence-corrected chi connectivity index (χ3v) is 3.00. The smallest absolute Gasteiger partial charge is 0.126 e. The highest BCUT2D eigenvalue weighted by atomic mass is 16.3. The van der Waals surface area contributed by atoms with Crippen molar-refractivity contribution in [1.82, 2.24) is 0 Å². The molecule has 0 aliphatic rings. The zero-order valence-electron chi connectivity index (χ0n) is 11.0. The van der Waals surface area contributed by atoms with Crippen LogP contribution < -0.4 is 4.90 Å². The van der Waals surface area contributed by atoms with Crippen LogP contribution in [0, 0.1) is 0 Å². The molecule has 1 aromatic carbocycles. The predicted molar refractivity (Wildman–Crippen MR) is 77.6 cm³/mol. The minimum atomic E-state index is 0.878. The molecule has 0 saturated heterocycles. The van der Waals surface area contributed by atoms with Gasteiger partial charge in [-0.25, -0.2) is 0 Å². The van der Waals surface area contributed by atoms with Gasteiger partial charge in [-0.05, 0) is 49.8 Å². The third kappa shape index (κ3) is 3.04. The topological polar surface area (TPSA) is 16.4 Å². The first-order chi connectivity index (χ1) is 8.83. The summed E-state index contributed by atoms with van der Waals surface area (Å²) in [6, 6.07) is 12.4. The second-order valence-electron chi connectivity index (χ2n) is 4.11. The first kappa shape index (κ1) is 12.5. The summed E-state index contributed by atoms with van der Waals surface area (Å²) >= 11 is 0. The van der Waals surface area contributed by atoms with Gasteiger partial charge in [0, 0.05) is 18.8 Å². The second kappa shape index (κ2) is 6.10. The zero-order chi connectivity index (χ0) is 12.8. The normalized spacial score (nSPS) is 11.0. The largest absolute Gasteiger partial charge is 0.465 e. The van der Waals surface area contributed by atoms with E-state index < -0.39 is 0 Å². The van der Waals surface area contributed by atoms with Gasteiger partial charge in [0.05, 0.1) is 6.26 Å². The van der Waals surface area contributed by atoms with Crippen LogP contribution in [0.5, 0.6) is 0 Å². The Morgan fingerprint density at radius 3 is 2.28 bits per heavy atom. The number of hydrogen-bond donors (Lipinski definition) is 0. The van der Waals surface area contributed by atoms with E-state index in [-0.39, 0.29) is 0 Å². The molecule has 2 rings (SSSR count). The van der Waals surface area contributed by atoms with Gasteiger partial charge in [-0.2, -0.15) is 0 Å². The van der Waals surface area contributed by atoms with Crippen molar-refractivity contribution in [1.29, 1.82) is 0 Å². The monoisotopic (exact) mass is 241 g/mol. The van der Waals surface area contributed by atoms with Crippen LogP contribution in [0.3, 0.4) is 0 Å². The number of furan rings is 1. The third-order valence-electron chi connectivity index (χ3n) is 3.00. The van der Waals surface area contributed by atoms with Crippen molar-refractivity contribution in [2.75, 3.05) is 18.0 Å². The van der Waals surface area contributed by atoms with Gasteiger partial charge in [0.1, 0.15) is 5.76 Å². The second-order valence-corrected chi connectivity index (χ2v) is 4.11. The predicted octanol–water partition coefficient (Wildman–Crippen LogP) is 4.30. The average molecular weight is 241 g/mol. The first-order valence-electron chi connectivity index (χ1n) is 6.40. The molecular formula is C16H19NO. The van der Waals surface area contributed by atoms with Crippen molar-refractivity contribution in [2.45, 2.75) is 13.8 Å². The number of rotatable bonds is 5. The lowest BCUT2D eigenvalue weighted by molar-refractivity contribution is 0.557. The summed E-state index contributed by atoms with van der Waals surface area (Å²) in [7, 11) is 0. The van der Waals surface area contributed by atoms with Crippen molar-refractivity contribution in [3.63, 3.8) is 0 Å². The summed E-state index contributed by atoms with van der Waals surface area (Å²) in [5, 5.41) is 0. The molecule has 2 aromatic rings. The quantitative estimate of drug-likeness (QED) is 0.776. The molecule has 1 heterocycles. The lowest BCUT2D eigenvalue weighted by Crippen LogP contribution is -2.21. The standard InChI is InChI=1S/C16H19NO/c1-3-17(4-2)15-10-7-14(8-11-15)9-12-16-6-5-13-18-16/h5-13H,3-4H2,1-2H3/b12-9+. The van der Waals surface area contributed by atoms with E-state index in [0.29, 0.717) is 0 Å². The number of anilines is 1. The molecule has 0 spiro atoms.